The van der Waals surface area contributed by atoms with Gasteiger partial charge in [0.2, 0.25) is 10.0 Å². The van der Waals surface area contributed by atoms with E-state index < -0.39 is 16.1 Å². The second-order valence-electron chi connectivity index (χ2n) is 5.15. The molecule has 0 fully saturated rings. The average Bonchev–Trinajstić information content (AvgIpc) is 2.54. The van der Waals surface area contributed by atoms with Crippen molar-refractivity contribution in [2.24, 2.45) is 0 Å². The summed E-state index contributed by atoms with van der Waals surface area (Å²) in [7, 11) is -3.62. The van der Waals surface area contributed by atoms with E-state index in [4.69, 9.17) is 0 Å². The van der Waals surface area contributed by atoms with Crippen molar-refractivity contribution < 1.29 is 41.1 Å². The van der Waals surface area contributed by atoms with E-state index in [0.29, 0.717) is 12.0 Å². The van der Waals surface area contributed by atoms with Crippen LogP contribution in [0.4, 0.5) is 0 Å². The summed E-state index contributed by atoms with van der Waals surface area (Å²) in [5, 5.41) is 0. The quantitative estimate of drug-likeness (QED) is 0.748. The zero-order valence-electron chi connectivity index (χ0n) is 13.3. The molecule has 2 aromatic rings. The summed E-state index contributed by atoms with van der Waals surface area (Å²) in [5.74, 6) is 0. The third-order valence-electron chi connectivity index (χ3n) is 3.52. The van der Waals surface area contributed by atoms with Crippen LogP contribution < -0.4 is 4.72 Å². The van der Waals surface area contributed by atoms with E-state index >= 15 is 0 Å². The maximum Gasteiger partial charge on any atom is 0.238 e. The summed E-state index contributed by atoms with van der Waals surface area (Å²) in [4.78, 5) is 0.265. The van der Waals surface area contributed by atoms with Crippen LogP contribution in [0.15, 0.2) is 53.4 Å². The normalized spacial score (nSPS) is 12.5. The summed E-state index contributed by atoms with van der Waals surface area (Å²) in [6, 6.07) is 14.5. The first-order valence-electron chi connectivity index (χ1n) is 7.31. The summed E-state index contributed by atoms with van der Waals surface area (Å²) in [5.41, 5.74) is 2.79. The van der Waals surface area contributed by atoms with Crippen LogP contribution in [-0.4, -0.2) is 14.5 Å². The average molecular weight is 404 g/mol. The summed E-state index contributed by atoms with van der Waals surface area (Å²) >= 11 is 0. The molecule has 0 aliphatic rings. The minimum atomic E-state index is -3.62. The van der Waals surface area contributed by atoms with Crippen LogP contribution in [0.5, 0.6) is 0 Å². The number of hydrogen-bond acceptors (Lipinski definition) is 2. The van der Waals surface area contributed by atoms with Crippen molar-refractivity contribution in [3.8, 4) is 11.1 Å². The van der Waals surface area contributed by atoms with Crippen LogP contribution in [0.2, 0.25) is 0 Å². The van der Waals surface area contributed by atoms with Gasteiger partial charge in [-0.05, 0) is 23.6 Å². The largest absolute Gasteiger partial charge is 0.344 e. The standard InChI is InChI=1S/C18H21NO2S.Y/c1-4-14(3)19-22(20,21)18-9-7-6-8-17(18)16-12-10-15(5-2)11-13-16;/h6-14,19H,1,3-5H2,2H3;/q-2;. The monoisotopic (exact) mass is 404 g/mol. The fourth-order valence-corrected chi connectivity index (χ4v) is 3.62. The van der Waals surface area contributed by atoms with Crippen molar-refractivity contribution in [2.45, 2.75) is 30.7 Å². The molecule has 1 atom stereocenters. The van der Waals surface area contributed by atoms with Gasteiger partial charge in [-0.2, -0.15) is 6.42 Å². The van der Waals surface area contributed by atoms with Crippen LogP contribution in [0.3, 0.4) is 0 Å². The molecule has 2 rings (SSSR count). The van der Waals surface area contributed by atoms with Gasteiger partial charge in [0.25, 0.3) is 0 Å². The molecule has 0 amide bonds. The van der Waals surface area contributed by atoms with Crippen molar-refractivity contribution in [2.75, 3.05) is 0 Å². The number of benzene rings is 2. The minimum Gasteiger partial charge on any atom is -0.344 e. The van der Waals surface area contributed by atoms with Crippen LogP contribution in [0, 0.1) is 13.8 Å². The number of hydrogen-bond donors (Lipinski definition) is 1. The molecular weight excluding hydrogens is 383 g/mol. The molecule has 0 spiro atoms. The molecular formula is C18H21NO2SY-2. The smallest absolute Gasteiger partial charge is 0.238 e. The first-order chi connectivity index (χ1) is 10.5. The molecule has 3 nitrogen and oxygen atoms in total. The molecule has 1 unspecified atom stereocenters. The van der Waals surface area contributed by atoms with E-state index in [0.717, 1.165) is 12.0 Å². The third kappa shape index (κ3) is 5.22. The fourth-order valence-electron chi connectivity index (χ4n) is 2.20. The third-order valence-corrected chi connectivity index (χ3v) is 5.10. The van der Waals surface area contributed by atoms with Gasteiger partial charge in [-0.15, -0.1) is 6.04 Å². The number of nitrogens with one attached hydrogen (secondary N) is 1. The van der Waals surface area contributed by atoms with Crippen molar-refractivity contribution in [3.05, 3.63) is 67.9 Å². The molecule has 121 valence electrons. The maximum atomic E-state index is 12.5. The van der Waals surface area contributed by atoms with Gasteiger partial charge in [-0.1, -0.05) is 49.4 Å². The molecule has 0 aromatic heterocycles. The SMILES string of the molecule is [CH2-]CC([CH2-])NS(=O)(=O)c1ccccc1-c1ccc(CC)cc1.[Y]. The predicted molar refractivity (Wildman–Crippen MR) is 90.7 cm³/mol. The Labute approximate surface area is 164 Å². The molecule has 0 heterocycles. The van der Waals surface area contributed by atoms with Crippen LogP contribution in [0.25, 0.3) is 11.1 Å². The number of aryl methyl sites for hydroxylation is 1. The Kier molecular flexibility index (Phi) is 8.09. The van der Waals surface area contributed by atoms with Crippen molar-refractivity contribution in [1.29, 1.82) is 0 Å². The molecule has 0 bridgehead atoms. The van der Waals surface area contributed by atoms with Gasteiger partial charge in [-0.25, -0.2) is 13.1 Å². The Morgan fingerprint density at radius 1 is 1.09 bits per heavy atom. The van der Waals surface area contributed by atoms with E-state index in [2.05, 4.69) is 25.5 Å². The molecule has 0 saturated carbocycles. The minimum absolute atomic E-state index is 0. The molecule has 1 radical (unpaired) electrons. The molecule has 1 N–H and O–H groups in total. The van der Waals surface area contributed by atoms with Crippen LogP contribution in [-0.2, 0) is 49.2 Å². The Bertz CT molecular complexity index is 727. The Morgan fingerprint density at radius 2 is 1.70 bits per heavy atom. The number of sulfonamides is 1. The van der Waals surface area contributed by atoms with Gasteiger partial charge < -0.3 is 13.8 Å². The Balaban J connectivity index is 0.00000264. The summed E-state index contributed by atoms with van der Waals surface area (Å²) < 4.78 is 27.6. The number of rotatable bonds is 6. The fraction of sp³-hybridized carbons (Fsp3) is 0.222. The van der Waals surface area contributed by atoms with Gasteiger partial charge in [-0.3, -0.25) is 0 Å². The first kappa shape index (κ1) is 20.5. The van der Waals surface area contributed by atoms with Crippen molar-refractivity contribution in [1.82, 2.24) is 4.72 Å². The Morgan fingerprint density at radius 3 is 2.26 bits per heavy atom. The van der Waals surface area contributed by atoms with E-state index in [-0.39, 0.29) is 37.6 Å². The zero-order valence-corrected chi connectivity index (χ0v) is 17.0. The first-order valence-corrected chi connectivity index (χ1v) is 8.79. The molecule has 2 aromatic carbocycles. The molecule has 23 heavy (non-hydrogen) atoms. The van der Waals surface area contributed by atoms with Gasteiger partial charge >= 0.3 is 0 Å². The van der Waals surface area contributed by atoms with Crippen molar-refractivity contribution >= 4 is 10.0 Å². The van der Waals surface area contributed by atoms with E-state index in [1.165, 1.54) is 5.56 Å². The predicted octanol–water partition coefficient (Wildman–Crippen LogP) is 3.62. The zero-order chi connectivity index (χ0) is 16.2. The van der Waals surface area contributed by atoms with Gasteiger partial charge in [0.05, 0.1) is 4.90 Å². The van der Waals surface area contributed by atoms with Crippen LogP contribution in [0.1, 0.15) is 18.9 Å². The maximum absolute atomic E-state index is 12.5. The molecule has 0 saturated heterocycles. The summed E-state index contributed by atoms with van der Waals surface area (Å²) in [6.45, 7) is 9.50. The second-order valence-corrected chi connectivity index (χ2v) is 6.84. The Hall–Kier alpha value is -0.546. The van der Waals surface area contributed by atoms with Crippen molar-refractivity contribution in [3.63, 3.8) is 0 Å². The van der Waals surface area contributed by atoms with Gasteiger partial charge in [0, 0.05) is 38.3 Å². The summed E-state index contributed by atoms with van der Waals surface area (Å²) in [6.07, 6.45) is 1.35. The van der Waals surface area contributed by atoms with Gasteiger partial charge in [0.15, 0.2) is 0 Å². The van der Waals surface area contributed by atoms with Gasteiger partial charge in [0.1, 0.15) is 0 Å². The van der Waals surface area contributed by atoms with E-state index in [1.54, 1.807) is 12.1 Å². The van der Waals surface area contributed by atoms with E-state index in [1.807, 2.05) is 36.4 Å². The molecule has 0 aliphatic heterocycles. The van der Waals surface area contributed by atoms with Crippen LogP contribution >= 0.6 is 0 Å². The topological polar surface area (TPSA) is 46.2 Å². The van der Waals surface area contributed by atoms with E-state index in [9.17, 15) is 8.42 Å². The molecule has 5 heteroatoms. The second kappa shape index (κ2) is 9.07. The molecule has 0 aliphatic carbocycles.